The number of aromatic nitrogens is 2. The van der Waals surface area contributed by atoms with Crippen molar-refractivity contribution in [2.75, 3.05) is 18.8 Å². The van der Waals surface area contributed by atoms with E-state index in [1.54, 1.807) is 0 Å². The minimum absolute atomic E-state index is 0.0507. The molecular formula is C24H28N4O2. The van der Waals surface area contributed by atoms with Crippen LogP contribution in [0.15, 0.2) is 54.6 Å². The van der Waals surface area contributed by atoms with Gasteiger partial charge in [0.25, 0.3) is 0 Å². The maximum absolute atomic E-state index is 12.9. The molecule has 30 heavy (non-hydrogen) atoms. The molecule has 2 heterocycles. The van der Waals surface area contributed by atoms with Crippen molar-refractivity contribution in [1.29, 1.82) is 0 Å². The number of carbonyl (C=O) groups excluding carboxylic acids is 1. The van der Waals surface area contributed by atoms with Crippen LogP contribution >= 0.6 is 0 Å². The van der Waals surface area contributed by atoms with Crippen molar-refractivity contribution in [3.05, 3.63) is 60.2 Å². The number of nitrogens with two attached hydrogens (primary N) is 1. The van der Waals surface area contributed by atoms with Crippen molar-refractivity contribution in [1.82, 2.24) is 15.1 Å². The summed E-state index contributed by atoms with van der Waals surface area (Å²) in [4.78, 5) is 12.9. The molecule has 0 aliphatic carbocycles. The highest BCUT2D eigenvalue weighted by atomic mass is 16.5. The zero-order valence-corrected chi connectivity index (χ0v) is 17.3. The Labute approximate surface area is 177 Å². The number of para-hydroxylation sites is 1. The van der Waals surface area contributed by atoms with Crippen LogP contribution in [0.3, 0.4) is 0 Å². The van der Waals surface area contributed by atoms with Gasteiger partial charge in [-0.2, -0.15) is 5.10 Å². The lowest BCUT2D eigenvalue weighted by molar-refractivity contribution is 0.0983. The van der Waals surface area contributed by atoms with Crippen LogP contribution in [0.2, 0.25) is 0 Å². The maximum atomic E-state index is 12.9. The Morgan fingerprint density at radius 1 is 1.10 bits per heavy atom. The Hall–Kier alpha value is -3.12. The second-order valence-electron chi connectivity index (χ2n) is 7.65. The average Bonchev–Trinajstić information content (AvgIpc) is 3.13. The van der Waals surface area contributed by atoms with E-state index in [2.05, 4.69) is 5.32 Å². The molecule has 1 saturated heterocycles. The summed E-state index contributed by atoms with van der Waals surface area (Å²) in [5, 5.41) is 8.19. The zero-order chi connectivity index (χ0) is 20.9. The summed E-state index contributed by atoms with van der Waals surface area (Å²) in [5.41, 5.74) is 8.55. The van der Waals surface area contributed by atoms with Gasteiger partial charge in [0.2, 0.25) is 0 Å². The summed E-state index contributed by atoms with van der Waals surface area (Å²) in [6.45, 7) is 3.87. The molecule has 0 atom stereocenters. The van der Waals surface area contributed by atoms with E-state index >= 15 is 0 Å². The fraction of sp³-hybridized carbons (Fsp3) is 0.333. The van der Waals surface area contributed by atoms with E-state index in [4.69, 9.17) is 15.6 Å². The number of nitrogen functional groups attached to an aromatic ring is 1. The first-order chi connectivity index (χ1) is 14.7. The first kappa shape index (κ1) is 20.2. The third kappa shape index (κ3) is 4.24. The fourth-order valence-corrected chi connectivity index (χ4v) is 3.91. The number of benzene rings is 2. The molecule has 3 aromatic rings. The van der Waals surface area contributed by atoms with E-state index in [1.807, 2.05) is 66.2 Å². The molecule has 1 aliphatic heterocycles. The SMILES string of the molecule is CCCC(=O)c1c(-c2ccc(Oc3ccccc3)cc2)nn(C2CCNCC2)c1N. The number of ketones is 1. The third-order valence-electron chi connectivity index (χ3n) is 5.46. The predicted octanol–water partition coefficient (Wildman–Crippen LogP) is 4.83. The van der Waals surface area contributed by atoms with Gasteiger partial charge >= 0.3 is 0 Å². The van der Waals surface area contributed by atoms with Crippen LogP contribution < -0.4 is 15.8 Å². The van der Waals surface area contributed by atoms with E-state index < -0.39 is 0 Å². The monoisotopic (exact) mass is 404 g/mol. The first-order valence-corrected chi connectivity index (χ1v) is 10.6. The number of anilines is 1. The number of Topliss-reactive ketones (excluding diaryl/α,β-unsaturated/α-hetero) is 1. The molecular weight excluding hydrogens is 376 g/mol. The number of rotatable bonds is 7. The molecule has 6 nitrogen and oxygen atoms in total. The van der Waals surface area contributed by atoms with Gasteiger partial charge in [-0.15, -0.1) is 0 Å². The van der Waals surface area contributed by atoms with E-state index in [1.165, 1.54) is 0 Å². The molecule has 1 fully saturated rings. The highest BCUT2D eigenvalue weighted by Gasteiger charge is 2.26. The number of hydrogen-bond donors (Lipinski definition) is 2. The third-order valence-corrected chi connectivity index (χ3v) is 5.46. The molecule has 6 heteroatoms. The molecule has 0 amide bonds. The van der Waals surface area contributed by atoms with E-state index in [0.717, 1.165) is 49.4 Å². The number of ether oxygens (including phenoxy) is 1. The summed E-state index contributed by atoms with van der Waals surface area (Å²) >= 11 is 0. The van der Waals surface area contributed by atoms with E-state index in [-0.39, 0.29) is 11.8 Å². The second-order valence-corrected chi connectivity index (χ2v) is 7.65. The number of carbonyl (C=O) groups is 1. The van der Waals surface area contributed by atoms with Gasteiger partial charge in [-0.3, -0.25) is 4.79 Å². The molecule has 4 rings (SSSR count). The van der Waals surface area contributed by atoms with Crippen LogP contribution in [0.4, 0.5) is 5.82 Å². The van der Waals surface area contributed by atoms with Gasteiger partial charge in [-0.1, -0.05) is 25.1 Å². The summed E-state index contributed by atoms with van der Waals surface area (Å²) in [6.07, 6.45) is 3.15. The van der Waals surface area contributed by atoms with Crippen LogP contribution in [0.1, 0.15) is 49.0 Å². The Kier molecular flexibility index (Phi) is 6.14. The minimum atomic E-state index is 0.0507. The molecule has 0 unspecified atom stereocenters. The molecule has 0 saturated carbocycles. The second kappa shape index (κ2) is 9.13. The number of hydrogen-bond acceptors (Lipinski definition) is 5. The van der Waals surface area contributed by atoms with Gasteiger partial charge in [-0.05, 0) is 68.8 Å². The summed E-state index contributed by atoms with van der Waals surface area (Å²) in [5.74, 6) is 2.05. The maximum Gasteiger partial charge on any atom is 0.168 e. The minimum Gasteiger partial charge on any atom is -0.457 e. The smallest absolute Gasteiger partial charge is 0.168 e. The Bertz CT molecular complexity index is 990. The Morgan fingerprint density at radius 3 is 2.43 bits per heavy atom. The van der Waals surface area contributed by atoms with Crippen molar-refractivity contribution in [3.63, 3.8) is 0 Å². The predicted molar refractivity (Wildman–Crippen MR) is 119 cm³/mol. The van der Waals surface area contributed by atoms with Gasteiger partial charge in [0.1, 0.15) is 23.0 Å². The number of nitrogens with one attached hydrogen (secondary N) is 1. The van der Waals surface area contributed by atoms with Gasteiger partial charge < -0.3 is 15.8 Å². The molecule has 3 N–H and O–H groups in total. The lowest BCUT2D eigenvalue weighted by Crippen LogP contribution is -2.30. The van der Waals surface area contributed by atoms with Crippen LogP contribution in [0.5, 0.6) is 11.5 Å². The number of nitrogens with zero attached hydrogens (tertiary/aromatic N) is 2. The first-order valence-electron chi connectivity index (χ1n) is 10.6. The molecule has 156 valence electrons. The fourth-order valence-electron chi connectivity index (χ4n) is 3.91. The van der Waals surface area contributed by atoms with Crippen LogP contribution in [0.25, 0.3) is 11.3 Å². The van der Waals surface area contributed by atoms with Crippen molar-refractivity contribution >= 4 is 11.6 Å². The summed E-state index contributed by atoms with van der Waals surface area (Å²) in [6, 6.07) is 17.5. The lowest BCUT2D eigenvalue weighted by atomic mass is 10.0. The van der Waals surface area contributed by atoms with Gasteiger partial charge in [0.15, 0.2) is 5.78 Å². The van der Waals surface area contributed by atoms with Crippen LogP contribution in [0, 0.1) is 0 Å². The lowest BCUT2D eigenvalue weighted by Gasteiger charge is -2.23. The average molecular weight is 405 g/mol. The van der Waals surface area contributed by atoms with Gasteiger partial charge in [0.05, 0.1) is 11.6 Å². The normalized spacial score (nSPS) is 14.6. The molecule has 0 spiro atoms. The molecule has 1 aromatic heterocycles. The summed E-state index contributed by atoms with van der Waals surface area (Å²) < 4.78 is 7.75. The van der Waals surface area contributed by atoms with Crippen LogP contribution in [-0.4, -0.2) is 28.7 Å². The Balaban J connectivity index is 1.67. The summed E-state index contributed by atoms with van der Waals surface area (Å²) in [7, 11) is 0. The highest BCUT2D eigenvalue weighted by Crippen LogP contribution is 2.34. The molecule has 2 aromatic carbocycles. The van der Waals surface area contributed by atoms with Gasteiger partial charge in [0, 0.05) is 12.0 Å². The van der Waals surface area contributed by atoms with E-state index in [0.29, 0.717) is 23.5 Å². The van der Waals surface area contributed by atoms with Crippen molar-refractivity contribution < 1.29 is 9.53 Å². The molecule has 0 radical (unpaired) electrons. The number of piperidine rings is 1. The topological polar surface area (TPSA) is 82.2 Å². The molecule has 0 bridgehead atoms. The highest BCUT2D eigenvalue weighted by molar-refractivity contribution is 6.05. The quantitative estimate of drug-likeness (QED) is 0.551. The van der Waals surface area contributed by atoms with Crippen molar-refractivity contribution in [3.8, 4) is 22.8 Å². The zero-order valence-electron chi connectivity index (χ0n) is 17.3. The van der Waals surface area contributed by atoms with Crippen molar-refractivity contribution in [2.24, 2.45) is 0 Å². The Morgan fingerprint density at radius 2 is 1.77 bits per heavy atom. The largest absolute Gasteiger partial charge is 0.457 e. The van der Waals surface area contributed by atoms with Crippen LogP contribution in [-0.2, 0) is 0 Å². The molecule has 1 aliphatic rings. The van der Waals surface area contributed by atoms with Gasteiger partial charge in [-0.25, -0.2) is 4.68 Å². The van der Waals surface area contributed by atoms with E-state index in [9.17, 15) is 4.79 Å². The standard InChI is InChI=1S/C24H28N4O2/c1-2-6-21(29)22-23(27-28(24(22)25)18-13-15-26-16-14-18)17-9-11-20(12-10-17)30-19-7-4-3-5-8-19/h3-5,7-12,18,26H,2,6,13-16,25H2,1H3. The van der Waals surface area contributed by atoms with Crippen molar-refractivity contribution in [2.45, 2.75) is 38.6 Å².